The second kappa shape index (κ2) is 14.4. The predicted octanol–water partition coefficient (Wildman–Crippen LogP) is 6.63. The standard InChI is InChI=1S/C30H32O6/c1-3-4-5-9-20-34-27-18-12-23(21-28(27)33-2)13-19-29(31)36-26-16-14-25(15-17-26)30(32)35-22-24-10-7-6-8-11-24/h6-8,10-19,21H,3-5,9,20,22H2,1-2H3/b19-13+. The fraction of sp³-hybridized carbons (Fsp3) is 0.267. The van der Waals surface area contributed by atoms with E-state index in [1.807, 2.05) is 42.5 Å². The molecule has 0 heterocycles. The van der Waals surface area contributed by atoms with Crippen molar-refractivity contribution in [2.75, 3.05) is 13.7 Å². The molecule has 0 saturated carbocycles. The highest BCUT2D eigenvalue weighted by molar-refractivity contribution is 5.90. The van der Waals surface area contributed by atoms with Crippen LogP contribution in [0.2, 0.25) is 0 Å². The molecule has 0 spiro atoms. The summed E-state index contributed by atoms with van der Waals surface area (Å²) in [6.07, 6.45) is 7.50. The van der Waals surface area contributed by atoms with Crippen LogP contribution in [0.4, 0.5) is 0 Å². The molecule has 0 amide bonds. The minimum Gasteiger partial charge on any atom is -0.493 e. The largest absolute Gasteiger partial charge is 0.493 e. The van der Waals surface area contributed by atoms with Gasteiger partial charge in [0.1, 0.15) is 12.4 Å². The van der Waals surface area contributed by atoms with Crippen LogP contribution < -0.4 is 14.2 Å². The van der Waals surface area contributed by atoms with Crippen LogP contribution in [0.25, 0.3) is 6.08 Å². The number of carbonyl (C=O) groups is 2. The maximum absolute atomic E-state index is 12.3. The van der Waals surface area contributed by atoms with E-state index in [1.165, 1.54) is 18.9 Å². The molecule has 0 aliphatic carbocycles. The topological polar surface area (TPSA) is 71.1 Å². The van der Waals surface area contributed by atoms with Crippen LogP contribution in [-0.4, -0.2) is 25.7 Å². The molecule has 6 heteroatoms. The van der Waals surface area contributed by atoms with Gasteiger partial charge in [0.2, 0.25) is 0 Å². The van der Waals surface area contributed by atoms with E-state index in [0.717, 1.165) is 24.0 Å². The molecule has 0 aliphatic rings. The Morgan fingerprint density at radius 1 is 0.861 bits per heavy atom. The predicted molar refractivity (Wildman–Crippen MR) is 139 cm³/mol. The molecule has 6 nitrogen and oxygen atoms in total. The minimum atomic E-state index is -0.537. The van der Waals surface area contributed by atoms with Gasteiger partial charge in [-0.3, -0.25) is 0 Å². The molecule has 3 aromatic rings. The molecule has 0 fully saturated rings. The Morgan fingerprint density at radius 2 is 1.64 bits per heavy atom. The third-order valence-electron chi connectivity index (χ3n) is 5.38. The Hall–Kier alpha value is -4.06. The number of ether oxygens (including phenoxy) is 4. The van der Waals surface area contributed by atoms with E-state index < -0.39 is 11.9 Å². The van der Waals surface area contributed by atoms with Crippen molar-refractivity contribution in [3.8, 4) is 17.2 Å². The summed E-state index contributed by atoms with van der Waals surface area (Å²) in [5.41, 5.74) is 2.06. The lowest BCUT2D eigenvalue weighted by Crippen LogP contribution is -2.06. The van der Waals surface area contributed by atoms with Crippen LogP contribution >= 0.6 is 0 Å². The highest BCUT2D eigenvalue weighted by Crippen LogP contribution is 2.29. The first-order valence-electron chi connectivity index (χ1n) is 12.1. The molecule has 188 valence electrons. The molecular weight excluding hydrogens is 456 g/mol. The van der Waals surface area contributed by atoms with Crippen molar-refractivity contribution in [3.05, 3.63) is 95.6 Å². The number of rotatable bonds is 13. The first-order chi connectivity index (χ1) is 17.6. The van der Waals surface area contributed by atoms with Crippen molar-refractivity contribution < 1.29 is 28.5 Å². The van der Waals surface area contributed by atoms with E-state index in [2.05, 4.69) is 6.92 Å². The molecule has 0 bridgehead atoms. The van der Waals surface area contributed by atoms with Crippen molar-refractivity contribution in [1.82, 2.24) is 0 Å². The van der Waals surface area contributed by atoms with Gasteiger partial charge in [0.05, 0.1) is 19.3 Å². The lowest BCUT2D eigenvalue weighted by atomic mass is 10.2. The summed E-state index contributed by atoms with van der Waals surface area (Å²) in [5.74, 6) is 0.629. The number of methoxy groups -OCH3 is 1. The van der Waals surface area contributed by atoms with Crippen LogP contribution in [0.5, 0.6) is 17.2 Å². The van der Waals surface area contributed by atoms with Crippen LogP contribution in [0, 0.1) is 0 Å². The summed E-state index contributed by atoms with van der Waals surface area (Å²) in [5, 5.41) is 0. The summed E-state index contributed by atoms with van der Waals surface area (Å²) in [6, 6.07) is 21.2. The molecule has 0 atom stereocenters. The van der Waals surface area contributed by atoms with Crippen molar-refractivity contribution >= 4 is 18.0 Å². The zero-order chi connectivity index (χ0) is 25.6. The maximum Gasteiger partial charge on any atom is 0.338 e. The van der Waals surface area contributed by atoms with Gasteiger partial charge in [-0.15, -0.1) is 0 Å². The van der Waals surface area contributed by atoms with Gasteiger partial charge in [0.25, 0.3) is 0 Å². The van der Waals surface area contributed by atoms with E-state index in [9.17, 15) is 9.59 Å². The number of hydrogen-bond donors (Lipinski definition) is 0. The minimum absolute atomic E-state index is 0.193. The third-order valence-corrected chi connectivity index (χ3v) is 5.38. The van der Waals surface area contributed by atoms with Gasteiger partial charge in [-0.2, -0.15) is 0 Å². The van der Waals surface area contributed by atoms with E-state index in [0.29, 0.717) is 29.4 Å². The van der Waals surface area contributed by atoms with Gasteiger partial charge in [-0.1, -0.05) is 62.6 Å². The van der Waals surface area contributed by atoms with Crippen LogP contribution in [0.15, 0.2) is 78.9 Å². The highest BCUT2D eigenvalue weighted by atomic mass is 16.5. The first kappa shape index (κ1) is 26.5. The first-order valence-corrected chi connectivity index (χ1v) is 12.1. The van der Waals surface area contributed by atoms with Crippen LogP contribution in [0.1, 0.15) is 54.1 Å². The molecule has 0 aliphatic heterocycles. The quantitative estimate of drug-likeness (QED) is 0.116. The number of benzene rings is 3. The number of esters is 2. The molecule has 0 N–H and O–H groups in total. The Balaban J connectivity index is 1.49. The molecule has 3 rings (SSSR count). The van der Waals surface area contributed by atoms with Gasteiger partial charge in [-0.05, 0) is 60.0 Å². The second-order valence-electron chi connectivity index (χ2n) is 8.16. The maximum atomic E-state index is 12.3. The van der Waals surface area contributed by atoms with Gasteiger partial charge in [0.15, 0.2) is 11.5 Å². The van der Waals surface area contributed by atoms with E-state index in [-0.39, 0.29) is 6.61 Å². The summed E-state index contributed by atoms with van der Waals surface area (Å²) < 4.78 is 21.9. The molecular formula is C30H32O6. The zero-order valence-electron chi connectivity index (χ0n) is 20.8. The summed E-state index contributed by atoms with van der Waals surface area (Å²) in [6.45, 7) is 3.01. The fourth-order valence-corrected chi connectivity index (χ4v) is 3.40. The van der Waals surface area contributed by atoms with E-state index in [4.69, 9.17) is 18.9 Å². The van der Waals surface area contributed by atoms with Crippen molar-refractivity contribution in [3.63, 3.8) is 0 Å². The highest BCUT2D eigenvalue weighted by Gasteiger charge is 2.09. The summed E-state index contributed by atoms with van der Waals surface area (Å²) in [7, 11) is 1.59. The molecule has 0 saturated heterocycles. The number of hydrogen-bond acceptors (Lipinski definition) is 6. The Kier molecular flexibility index (Phi) is 10.6. The van der Waals surface area contributed by atoms with Gasteiger partial charge in [-0.25, -0.2) is 9.59 Å². The number of unbranched alkanes of at least 4 members (excludes halogenated alkanes) is 3. The van der Waals surface area contributed by atoms with Crippen molar-refractivity contribution in [2.45, 2.75) is 39.2 Å². The Bertz CT molecular complexity index is 1140. The Labute approximate surface area is 212 Å². The lowest BCUT2D eigenvalue weighted by molar-refractivity contribution is -0.128. The number of carbonyl (C=O) groups excluding carboxylic acids is 2. The monoisotopic (exact) mass is 488 g/mol. The average Bonchev–Trinajstić information content (AvgIpc) is 2.91. The van der Waals surface area contributed by atoms with Crippen molar-refractivity contribution in [2.24, 2.45) is 0 Å². The van der Waals surface area contributed by atoms with Crippen LogP contribution in [0.3, 0.4) is 0 Å². The molecule has 0 unspecified atom stereocenters. The molecule has 36 heavy (non-hydrogen) atoms. The SMILES string of the molecule is CCCCCCOc1ccc(/C=C/C(=O)Oc2ccc(C(=O)OCc3ccccc3)cc2)cc1OC. The third kappa shape index (κ3) is 8.62. The Morgan fingerprint density at radius 3 is 2.36 bits per heavy atom. The fourth-order valence-electron chi connectivity index (χ4n) is 3.40. The van der Waals surface area contributed by atoms with E-state index >= 15 is 0 Å². The van der Waals surface area contributed by atoms with Gasteiger partial charge < -0.3 is 18.9 Å². The van der Waals surface area contributed by atoms with Crippen molar-refractivity contribution in [1.29, 1.82) is 0 Å². The van der Waals surface area contributed by atoms with E-state index in [1.54, 1.807) is 43.5 Å². The second-order valence-corrected chi connectivity index (χ2v) is 8.16. The molecule has 0 aromatic heterocycles. The normalized spacial score (nSPS) is 10.7. The summed E-state index contributed by atoms with van der Waals surface area (Å²) in [4.78, 5) is 24.5. The summed E-state index contributed by atoms with van der Waals surface area (Å²) >= 11 is 0. The zero-order valence-corrected chi connectivity index (χ0v) is 20.8. The van der Waals surface area contributed by atoms with Crippen LogP contribution in [-0.2, 0) is 16.1 Å². The molecule has 0 radical (unpaired) electrons. The average molecular weight is 489 g/mol. The van der Waals surface area contributed by atoms with Gasteiger partial charge >= 0.3 is 11.9 Å². The molecule has 3 aromatic carbocycles. The van der Waals surface area contributed by atoms with Gasteiger partial charge in [0, 0.05) is 6.08 Å². The lowest BCUT2D eigenvalue weighted by Gasteiger charge is -2.11. The smallest absolute Gasteiger partial charge is 0.338 e.